The lowest BCUT2D eigenvalue weighted by Crippen LogP contribution is -2.23. The first-order valence-electron chi connectivity index (χ1n) is 7.37. The minimum Gasteiger partial charge on any atom is -0.379 e. The van der Waals surface area contributed by atoms with Crippen molar-refractivity contribution < 1.29 is 9.47 Å². The van der Waals surface area contributed by atoms with Crippen LogP contribution in [0.4, 0.5) is 0 Å². The SMILES string of the molecule is CC(C)NCCCCCCOCCOC(C)(C)C. The third-order valence-corrected chi connectivity index (χ3v) is 2.53. The molecule has 0 rings (SSSR count). The molecule has 0 unspecified atom stereocenters. The lowest BCUT2D eigenvalue weighted by atomic mass is 10.2. The van der Waals surface area contributed by atoms with E-state index < -0.39 is 0 Å². The highest BCUT2D eigenvalue weighted by atomic mass is 16.5. The van der Waals surface area contributed by atoms with Gasteiger partial charge in [-0.1, -0.05) is 26.7 Å². The van der Waals surface area contributed by atoms with Crippen molar-refractivity contribution in [3.8, 4) is 0 Å². The van der Waals surface area contributed by atoms with Crippen LogP contribution >= 0.6 is 0 Å². The Bertz CT molecular complexity index is 176. The van der Waals surface area contributed by atoms with Crippen molar-refractivity contribution in [1.82, 2.24) is 5.32 Å². The average molecular weight is 259 g/mol. The highest BCUT2D eigenvalue weighted by Crippen LogP contribution is 2.06. The Balaban J connectivity index is 3.04. The molecule has 0 bridgehead atoms. The molecule has 0 radical (unpaired) electrons. The normalized spacial score (nSPS) is 12.3. The van der Waals surface area contributed by atoms with E-state index in [0.29, 0.717) is 19.3 Å². The molecule has 0 aromatic heterocycles. The summed E-state index contributed by atoms with van der Waals surface area (Å²) < 4.78 is 11.1. The molecule has 0 amide bonds. The van der Waals surface area contributed by atoms with E-state index in [1.165, 1.54) is 19.3 Å². The van der Waals surface area contributed by atoms with E-state index in [2.05, 4.69) is 39.9 Å². The number of nitrogens with one attached hydrogen (secondary N) is 1. The van der Waals surface area contributed by atoms with Gasteiger partial charge in [-0.25, -0.2) is 0 Å². The van der Waals surface area contributed by atoms with Gasteiger partial charge in [0.2, 0.25) is 0 Å². The molecular formula is C15H33NO2. The molecule has 0 aromatic rings. The first-order chi connectivity index (χ1) is 8.42. The summed E-state index contributed by atoms with van der Waals surface area (Å²) in [6, 6.07) is 0.608. The molecule has 0 fully saturated rings. The average Bonchev–Trinajstić information content (AvgIpc) is 2.24. The molecule has 1 N–H and O–H groups in total. The largest absolute Gasteiger partial charge is 0.379 e. The predicted octanol–water partition coefficient (Wildman–Crippen LogP) is 3.38. The van der Waals surface area contributed by atoms with Gasteiger partial charge in [0.25, 0.3) is 0 Å². The van der Waals surface area contributed by atoms with Crippen molar-refractivity contribution in [1.29, 1.82) is 0 Å². The summed E-state index contributed by atoms with van der Waals surface area (Å²) in [6.45, 7) is 14.0. The van der Waals surface area contributed by atoms with Gasteiger partial charge in [-0.15, -0.1) is 0 Å². The van der Waals surface area contributed by atoms with Gasteiger partial charge in [0.1, 0.15) is 0 Å². The first kappa shape index (κ1) is 17.9. The minimum atomic E-state index is -0.0488. The number of hydrogen-bond acceptors (Lipinski definition) is 3. The van der Waals surface area contributed by atoms with Crippen LogP contribution in [0, 0.1) is 0 Å². The van der Waals surface area contributed by atoms with E-state index in [1.807, 2.05) is 0 Å². The van der Waals surface area contributed by atoms with Gasteiger partial charge >= 0.3 is 0 Å². The van der Waals surface area contributed by atoms with Gasteiger partial charge in [-0.2, -0.15) is 0 Å². The topological polar surface area (TPSA) is 30.5 Å². The number of unbranched alkanes of at least 4 members (excludes halogenated alkanes) is 3. The zero-order valence-electron chi connectivity index (χ0n) is 13.1. The third kappa shape index (κ3) is 15.9. The molecule has 0 atom stereocenters. The summed E-state index contributed by atoms with van der Waals surface area (Å²) in [6.07, 6.45) is 4.99. The molecule has 3 nitrogen and oxygen atoms in total. The monoisotopic (exact) mass is 259 g/mol. The molecule has 0 saturated carbocycles. The van der Waals surface area contributed by atoms with Crippen molar-refractivity contribution in [2.45, 2.75) is 71.9 Å². The van der Waals surface area contributed by atoms with Gasteiger partial charge in [-0.05, 0) is 40.2 Å². The van der Waals surface area contributed by atoms with Gasteiger partial charge in [-0.3, -0.25) is 0 Å². The van der Waals surface area contributed by atoms with E-state index in [1.54, 1.807) is 0 Å². The fourth-order valence-electron chi connectivity index (χ4n) is 1.58. The summed E-state index contributed by atoms with van der Waals surface area (Å²) >= 11 is 0. The van der Waals surface area contributed by atoms with Crippen LogP contribution in [0.1, 0.15) is 60.3 Å². The van der Waals surface area contributed by atoms with Crippen molar-refractivity contribution >= 4 is 0 Å². The van der Waals surface area contributed by atoms with Crippen molar-refractivity contribution in [3.63, 3.8) is 0 Å². The second kappa shape index (κ2) is 10.8. The van der Waals surface area contributed by atoms with E-state index in [9.17, 15) is 0 Å². The maximum Gasteiger partial charge on any atom is 0.0707 e. The van der Waals surface area contributed by atoms with Gasteiger partial charge in [0, 0.05) is 12.6 Å². The lowest BCUT2D eigenvalue weighted by Gasteiger charge is -2.19. The summed E-state index contributed by atoms with van der Waals surface area (Å²) in [5, 5.41) is 3.43. The first-order valence-corrected chi connectivity index (χ1v) is 7.37. The summed E-state index contributed by atoms with van der Waals surface area (Å²) in [4.78, 5) is 0. The molecule has 0 saturated heterocycles. The summed E-state index contributed by atoms with van der Waals surface area (Å²) in [7, 11) is 0. The van der Waals surface area contributed by atoms with Gasteiger partial charge in [0.05, 0.1) is 18.8 Å². The number of rotatable bonds is 11. The predicted molar refractivity (Wildman–Crippen MR) is 78.1 cm³/mol. The molecule has 0 spiro atoms. The zero-order valence-corrected chi connectivity index (χ0v) is 13.1. The van der Waals surface area contributed by atoms with Crippen molar-refractivity contribution in [3.05, 3.63) is 0 Å². The maximum absolute atomic E-state index is 5.58. The highest BCUT2D eigenvalue weighted by molar-refractivity contribution is 4.58. The minimum absolute atomic E-state index is 0.0488. The molecule has 110 valence electrons. The van der Waals surface area contributed by atoms with Gasteiger partial charge < -0.3 is 14.8 Å². The molecule has 0 heterocycles. The van der Waals surface area contributed by atoms with E-state index in [4.69, 9.17) is 9.47 Å². The Hall–Kier alpha value is -0.120. The number of hydrogen-bond donors (Lipinski definition) is 1. The van der Waals surface area contributed by atoms with E-state index >= 15 is 0 Å². The smallest absolute Gasteiger partial charge is 0.0707 e. The van der Waals surface area contributed by atoms with Crippen LogP contribution < -0.4 is 5.32 Å². The zero-order chi connectivity index (χ0) is 13.9. The summed E-state index contributed by atoms with van der Waals surface area (Å²) in [5.41, 5.74) is -0.0488. The van der Waals surface area contributed by atoms with Crippen molar-refractivity contribution in [2.24, 2.45) is 0 Å². The van der Waals surface area contributed by atoms with Crippen LogP contribution in [0.25, 0.3) is 0 Å². The van der Waals surface area contributed by atoms with Crippen LogP contribution in [0.3, 0.4) is 0 Å². The van der Waals surface area contributed by atoms with Crippen LogP contribution in [-0.2, 0) is 9.47 Å². The Labute approximate surface area is 114 Å². The Morgan fingerprint density at radius 2 is 1.56 bits per heavy atom. The molecular weight excluding hydrogens is 226 g/mol. The Morgan fingerprint density at radius 3 is 2.17 bits per heavy atom. The number of ether oxygens (including phenoxy) is 2. The lowest BCUT2D eigenvalue weighted by molar-refractivity contribution is -0.0351. The fourth-order valence-corrected chi connectivity index (χ4v) is 1.58. The van der Waals surface area contributed by atoms with Crippen molar-refractivity contribution in [2.75, 3.05) is 26.4 Å². The van der Waals surface area contributed by atoms with Crippen LogP contribution in [-0.4, -0.2) is 38.0 Å². The molecule has 18 heavy (non-hydrogen) atoms. The highest BCUT2D eigenvalue weighted by Gasteiger charge is 2.08. The van der Waals surface area contributed by atoms with Gasteiger partial charge in [0.15, 0.2) is 0 Å². The third-order valence-electron chi connectivity index (χ3n) is 2.53. The molecule has 3 heteroatoms. The molecule has 0 aliphatic carbocycles. The second-order valence-electron chi connectivity index (χ2n) is 6.10. The Kier molecular flexibility index (Phi) is 10.7. The molecule has 0 aromatic carbocycles. The standard InChI is InChI=1S/C15H33NO2/c1-14(2)16-10-8-6-7-9-11-17-12-13-18-15(3,4)5/h14,16H,6-13H2,1-5H3. The van der Waals surface area contributed by atoms with E-state index in [-0.39, 0.29) is 5.60 Å². The molecule has 0 aliphatic rings. The second-order valence-corrected chi connectivity index (χ2v) is 6.10. The van der Waals surface area contributed by atoms with Crippen LogP contribution in [0.15, 0.2) is 0 Å². The fraction of sp³-hybridized carbons (Fsp3) is 1.00. The molecule has 0 aliphatic heterocycles. The van der Waals surface area contributed by atoms with Crippen LogP contribution in [0.5, 0.6) is 0 Å². The quantitative estimate of drug-likeness (QED) is 0.577. The maximum atomic E-state index is 5.58. The van der Waals surface area contributed by atoms with Crippen LogP contribution in [0.2, 0.25) is 0 Å². The van der Waals surface area contributed by atoms with E-state index in [0.717, 1.165) is 19.6 Å². The Morgan fingerprint density at radius 1 is 0.889 bits per heavy atom. The summed E-state index contributed by atoms with van der Waals surface area (Å²) in [5.74, 6) is 0.